The van der Waals surface area contributed by atoms with Crippen LogP contribution in [-0.2, 0) is 20.8 Å². The van der Waals surface area contributed by atoms with Gasteiger partial charge in [0.05, 0.1) is 16.5 Å². The Balaban J connectivity index is 2.00. The van der Waals surface area contributed by atoms with E-state index in [1.807, 2.05) is 13.8 Å². The fraction of sp³-hybridized carbons (Fsp3) is 0.480. The number of likely N-dealkylation sites (N-methyl/N-ethyl adjacent to an activating group) is 1. The number of nitro groups is 1. The van der Waals surface area contributed by atoms with Gasteiger partial charge in [0.2, 0.25) is 11.5 Å². The molecule has 13 heteroatoms. The first-order chi connectivity index (χ1) is 17.7. The third kappa shape index (κ3) is 3.64. The minimum absolute atomic E-state index is 0.0266. The number of phenolic OH excluding ortho intramolecular Hbond substituents is 1. The van der Waals surface area contributed by atoms with Gasteiger partial charge in [-0.2, -0.15) is 0 Å². The van der Waals surface area contributed by atoms with E-state index in [9.17, 15) is 44.9 Å². The molecule has 0 heterocycles. The largest absolute Gasteiger partial charge is 0.508 e. The molecule has 7 N–H and O–H groups in total. The van der Waals surface area contributed by atoms with Crippen LogP contribution in [0.4, 0.5) is 11.4 Å². The lowest BCUT2D eigenvalue weighted by Gasteiger charge is -2.50. The van der Waals surface area contributed by atoms with Crippen molar-refractivity contribution in [1.82, 2.24) is 4.90 Å². The topological polar surface area (TPSA) is 217 Å². The minimum Gasteiger partial charge on any atom is -0.508 e. The summed E-state index contributed by atoms with van der Waals surface area (Å²) in [7, 11) is 3.03. The Morgan fingerprint density at radius 2 is 1.95 bits per heavy atom. The molecule has 1 aromatic rings. The molecular weight excluding hydrogens is 500 g/mol. The Kier molecular flexibility index (Phi) is 6.48. The summed E-state index contributed by atoms with van der Waals surface area (Å²) >= 11 is 0. The Morgan fingerprint density at radius 3 is 2.47 bits per heavy atom. The lowest BCUT2D eigenvalue weighted by Crippen LogP contribution is -2.65. The maximum Gasteiger partial charge on any atom is 0.313 e. The number of ketones is 2. The van der Waals surface area contributed by atoms with Crippen molar-refractivity contribution in [2.45, 2.75) is 50.8 Å². The van der Waals surface area contributed by atoms with Gasteiger partial charge in [0.25, 0.3) is 5.91 Å². The van der Waals surface area contributed by atoms with Crippen LogP contribution in [0.25, 0.3) is 5.76 Å². The molecule has 13 nitrogen and oxygen atoms in total. The highest BCUT2D eigenvalue weighted by Crippen LogP contribution is 2.54. The van der Waals surface area contributed by atoms with Crippen molar-refractivity contribution in [3.05, 3.63) is 44.2 Å². The van der Waals surface area contributed by atoms with Crippen molar-refractivity contribution in [3.63, 3.8) is 0 Å². The number of hydrogen-bond donors (Lipinski definition) is 6. The summed E-state index contributed by atoms with van der Waals surface area (Å²) in [6, 6.07) is -0.160. The van der Waals surface area contributed by atoms with E-state index in [1.165, 1.54) is 25.1 Å². The van der Waals surface area contributed by atoms with Crippen molar-refractivity contribution in [2.24, 2.45) is 17.6 Å². The van der Waals surface area contributed by atoms with Gasteiger partial charge in [-0.15, -0.1) is 0 Å². The zero-order valence-electron chi connectivity index (χ0n) is 21.3. The van der Waals surface area contributed by atoms with Gasteiger partial charge in [0, 0.05) is 29.3 Å². The Morgan fingerprint density at radius 1 is 1.32 bits per heavy atom. The molecule has 1 saturated carbocycles. The molecule has 0 aliphatic heterocycles. The van der Waals surface area contributed by atoms with Crippen molar-refractivity contribution >= 4 is 34.6 Å². The van der Waals surface area contributed by atoms with E-state index in [4.69, 9.17) is 5.73 Å². The van der Waals surface area contributed by atoms with Crippen molar-refractivity contribution in [1.29, 1.82) is 0 Å². The summed E-state index contributed by atoms with van der Waals surface area (Å²) < 4.78 is 0. The van der Waals surface area contributed by atoms with Crippen LogP contribution in [0.15, 0.2) is 23.0 Å². The molecule has 0 radical (unpaired) electrons. The fourth-order valence-corrected chi connectivity index (χ4v) is 5.93. The van der Waals surface area contributed by atoms with Gasteiger partial charge in [-0.3, -0.25) is 29.4 Å². The summed E-state index contributed by atoms with van der Waals surface area (Å²) in [4.78, 5) is 51.3. The van der Waals surface area contributed by atoms with Crippen LogP contribution >= 0.6 is 0 Å². The second-order valence-electron chi connectivity index (χ2n) is 10.3. The number of carbonyl (C=O) groups excluding carboxylic acids is 3. The van der Waals surface area contributed by atoms with Gasteiger partial charge in [-0.25, -0.2) is 0 Å². The number of hydrogen-bond acceptors (Lipinski definition) is 11. The third-order valence-corrected chi connectivity index (χ3v) is 7.91. The number of nitrogens with two attached hydrogens (primary N) is 1. The molecule has 0 aromatic heterocycles. The molecule has 4 rings (SSSR count). The van der Waals surface area contributed by atoms with Crippen LogP contribution in [0.1, 0.15) is 37.8 Å². The molecule has 5 atom stereocenters. The van der Waals surface area contributed by atoms with Gasteiger partial charge < -0.3 is 31.5 Å². The maximum atomic E-state index is 13.9. The van der Waals surface area contributed by atoms with Crippen LogP contribution in [-0.4, -0.2) is 79.5 Å². The van der Waals surface area contributed by atoms with Gasteiger partial charge in [0.1, 0.15) is 17.1 Å². The fourth-order valence-electron chi connectivity index (χ4n) is 5.93. The van der Waals surface area contributed by atoms with Gasteiger partial charge in [0.15, 0.2) is 11.4 Å². The summed E-state index contributed by atoms with van der Waals surface area (Å²) in [5, 5.41) is 59.4. The zero-order valence-corrected chi connectivity index (χ0v) is 21.3. The number of carbonyl (C=O) groups is 3. The van der Waals surface area contributed by atoms with Crippen LogP contribution in [0.2, 0.25) is 0 Å². The SMILES string of the molecule is CCC(C)Nc1cc([N+](=O)[O-])c(O)c2c1CC1CC3[C@H](N(C)C)C(=O)C(C(N)=O)=C(O)[C@@]3(O)C(=O)C1=C2O. The summed E-state index contributed by atoms with van der Waals surface area (Å²) in [5.74, 6) is -8.18. The zero-order chi connectivity index (χ0) is 28.4. The molecule has 1 aromatic carbocycles. The van der Waals surface area contributed by atoms with Crippen molar-refractivity contribution in [2.75, 3.05) is 19.4 Å². The normalized spacial score (nSPS) is 27.6. The summed E-state index contributed by atoms with van der Waals surface area (Å²) in [6.45, 7) is 3.75. The molecule has 0 bridgehead atoms. The number of Topliss-reactive ketones (excluding diaryl/α,β-unsaturated/α-hetero) is 2. The number of nitrogens with zero attached hydrogens (tertiary/aromatic N) is 2. The first-order valence-electron chi connectivity index (χ1n) is 12.1. The number of amides is 1. The monoisotopic (exact) mass is 530 g/mol. The number of primary amides is 1. The molecule has 0 spiro atoms. The molecule has 204 valence electrons. The molecule has 3 aliphatic rings. The third-order valence-electron chi connectivity index (χ3n) is 7.91. The number of nitro benzene ring substituents is 1. The quantitative estimate of drug-likeness (QED) is 0.132. The minimum atomic E-state index is -2.78. The number of rotatable bonds is 6. The first kappa shape index (κ1) is 27.1. The molecule has 3 aliphatic carbocycles. The van der Waals surface area contributed by atoms with Gasteiger partial charge >= 0.3 is 5.69 Å². The van der Waals surface area contributed by atoms with Crippen LogP contribution in [0, 0.1) is 22.0 Å². The van der Waals surface area contributed by atoms with E-state index in [2.05, 4.69) is 5.32 Å². The molecule has 1 amide bonds. The van der Waals surface area contributed by atoms with Crippen LogP contribution in [0.5, 0.6) is 5.75 Å². The Labute approximate surface area is 217 Å². The van der Waals surface area contributed by atoms with E-state index in [0.29, 0.717) is 17.7 Å². The molecule has 38 heavy (non-hydrogen) atoms. The second kappa shape index (κ2) is 9.10. The predicted octanol–water partition coefficient (Wildman–Crippen LogP) is 1.08. The summed E-state index contributed by atoms with van der Waals surface area (Å²) in [6.07, 6.45) is 0.610. The Hall–Kier alpha value is -3.97. The number of aromatic hydroxyl groups is 1. The van der Waals surface area contributed by atoms with Gasteiger partial charge in [-0.05, 0) is 51.8 Å². The van der Waals surface area contributed by atoms with Crippen LogP contribution in [0.3, 0.4) is 0 Å². The molecule has 0 saturated heterocycles. The van der Waals surface area contributed by atoms with E-state index in [0.717, 1.165) is 0 Å². The molecular formula is C25H30N4O9. The number of benzene rings is 1. The van der Waals surface area contributed by atoms with Gasteiger partial charge in [-0.1, -0.05) is 6.92 Å². The number of fused-ring (bicyclic) bond motifs is 3. The van der Waals surface area contributed by atoms with Crippen LogP contribution < -0.4 is 11.1 Å². The highest BCUT2D eigenvalue weighted by atomic mass is 16.6. The molecule has 3 unspecified atom stereocenters. The van der Waals surface area contributed by atoms with E-state index in [1.54, 1.807) is 0 Å². The second-order valence-corrected chi connectivity index (χ2v) is 10.3. The number of phenols is 1. The van der Waals surface area contributed by atoms with Crippen molar-refractivity contribution in [3.8, 4) is 5.75 Å². The lowest BCUT2D eigenvalue weighted by molar-refractivity contribution is -0.385. The molecule has 1 fully saturated rings. The van der Waals surface area contributed by atoms with E-state index >= 15 is 0 Å². The van der Waals surface area contributed by atoms with E-state index < -0.39 is 74.4 Å². The lowest BCUT2D eigenvalue weighted by atomic mass is 9.57. The maximum absolute atomic E-state index is 13.9. The highest BCUT2D eigenvalue weighted by molar-refractivity contribution is 6.24. The number of aliphatic hydroxyl groups is 3. The first-order valence-corrected chi connectivity index (χ1v) is 12.1. The number of anilines is 1. The average molecular weight is 531 g/mol. The Bertz CT molecular complexity index is 1350. The number of aliphatic hydroxyl groups excluding tert-OH is 2. The van der Waals surface area contributed by atoms with Crippen molar-refractivity contribution < 1.29 is 39.7 Å². The highest BCUT2D eigenvalue weighted by Gasteiger charge is 2.64. The number of nitrogens with one attached hydrogen (secondary N) is 1. The summed E-state index contributed by atoms with van der Waals surface area (Å²) in [5.41, 5.74) is 0.837. The predicted molar refractivity (Wildman–Crippen MR) is 134 cm³/mol. The standard InChI is InChI=1S/C25H30N4O9/c1-5-9(2)27-13-8-14(29(37)38)19(30)16-11(13)6-10-7-12-18(28(3)4)21(32)17(24(26)35)23(34)25(12,36)22(33)15(10)20(16)31/h8-10,12,18,27,30-31,34,36H,5-7H2,1-4H3,(H2,26,35)/t9?,10?,12?,18-,25-/m0/s1. The van der Waals surface area contributed by atoms with E-state index in [-0.39, 0.29) is 30.0 Å². The average Bonchev–Trinajstić information content (AvgIpc) is 2.82. The smallest absolute Gasteiger partial charge is 0.313 e.